The first-order valence-corrected chi connectivity index (χ1v) is 5.01. The number of likely N-dealkylation sites (tertiary alicyclic amines) is 1. The predicted molar refractivity (Wildman–Crippen MR) is 46.1 cm³/mol. The lowest BCUT2D eigenvalue weighted by molar-refractivity contribution is 0.0236. The van der Waals surface area contributed by atoms with Crippen LogP contribution in [0.5, 0.6) is 0 Å². The fourth-order valence-electron chi connectivity index (χ4n) is 2.49. The van der Waals surface area contributed by atoms with Crippen LogP contribution in [0.25, 0.3) is 0 Å². The number of rotatable bonds is 2. The van der Waals surface area contributed by atoms with Crippen molar-refractivity contribution in [3.05, 3.63) is 0 Å². The number of nitrogens with zero attached hydrogens (tertiary/aromatic N) is 1. The van der Waals surface area contributed by atoms with Crippen molar-refractivity contribution in [1.82, 2.24) is 10.2 Å². The Balaban J connectivity index is 1.56. The normalized spacial score (nSPS) is 46.5. The van der Waals surface area contributed by atoms with E-state index in [2.05, 4.69) is 10.2 Å². The van der Waals surface area contributed by atoms with Crippen molar-refractivity contribution in [3.8, 4) is 0 Å². The van der Waals surface area contributed by atoms with Gasteiger partial charge in [0.15, 0.2) is 0 Å². The highest BCUT2D eigenvalue weighted by atomic mass is 16.5. The summed E-state index contributed by atoms with van der Waals surface area (Å²) in [4.78, 5) is 2.60. The van der Waals surface area contributed by atoms with Gasteiger partial charge in [-0.3, -0.25) is 4.90 Å². The molecule has 3 atom stereocenters. The summed E-state index contributed by atoms with van der Waals surface area (Å²) in [6.07, 6.45) is 3.22. The first kappa shape index (κ1) is 7.30. The maximum absolute atomic E-state index is 5.55. The molecular formula is C9H16N2O. The van der Waals surface area contributed by atoms with Gasteiger partial charge in [-0.25, -0.2) is 0 Å². The Morgan fingerprint density at radius 3 is 2.92 bits per heavy atom. The van der Waals surface area contributed by atoms with E-state index in [-0.39, 0.29) is 0 Å². The summed E-state index contributed by atoms with van der Waals surface area (Å²) in [5.74, 6) is 0. The van der Waals surface area contributed by atoms with Gasteiger partial charge in [-0.15, -0.1) is 0 Å². The molecule has 12 heavy (non-hydrogen) atoms. The topological polar surface area (TPSA) is 24.5 Å². The van der Waals surface area contributed by atoms with E-state index in [1.807, 2.05) is 0 Å². The molecule has 3 rings (SSSR count). The Hall–Kier alpha value is -0.120. The molecular weight excluding hydrogens is 152 g/mol. The SMILES string of the molecule is C1CC(CN2CC3CC2CO3)N1. The number of hydrogen-bond donors (Lipinski definition) is 1. The van der Waals surface area contributed by atoms with Gasteiger partial charge in [-0.05, 0) is 19.4 Å². The number of ether oxygens (including phenoxy) is 1. The molecule has 3 fully saturated rings. The van der Waals surface area contributed by atoms with Crippen molar-refractivity contribution >= 4 is 0 Å². The summed E-state index contributed by atoms with van der Waals surface area (Å²) in [6.45, 7) is 4.65. The minimum absolute atomic E-state index is 0.565. The lowest BCUT2D eigenvalue weighted by Crippen LogP contribution is -2.52. The lowest BCUT2D eigenvalue weighted by atomic mass is 10.1. The quantitative estimate of drug-likeness (QED) is 0.619. The third kappa shape index (κ3) is 1.08. The summed E-state index contributed by atoms with van der Waals surface area (Å²) < 4.78 is 5.55. The Bertz CT molecular complexity index is 181. The molecule has 0 aromatic rings. The highest BCUT2D eigenvalue weighted by Gasteiger charge is 2.39. The van der Waals surface area contributed by atoms with E-state index >= 15 is 0 Å². The molecule has 0 aromatic carbocycles. The van der Waals surface area contributed by atoms with Gasteiger partial charge in [0.05, 0.1) is 12.7 Å². The maximum Gasteiger partial charge on any atom is 0.0718 e. The molecule has 3 unspecified atom stereocenters. The summed E-state index contributed by atoms with van der Waals surface area (Å²) in [6, 6.07) is 1.53. The van der Waals surface area contributed by atoms with E-state index in [1.54, 1.807) is 0 Å². The van der Waals surface area contributed by atoms with E-state index in [1.165, 1.54) is 32.5 Å². The highest BCUT2D eigenvalue weighted by Crippen LogP contribution is 2.28. The monoisotopic (exact) mass is 168 g/mol. The fraction of sp³-hybridized carbons (Fsp3) is 1.00. The molecule has 68 valence electrons. The van der Waals surface area contributed by atoms with Gasteiger partial charge >= 0.3 is 0 Å². The predicted octanol–water partition coefficient (Wildman–Crippen LogP) is -0.179. The Kier molecular flexibility index (Phi) is 1.63. The Morgan fingerprint density at radius 1 is 1.50 bits per heavy atom. The van der Waals surface area contributed by atoms with Crippen molar-refractivity contribution < 1.29 is 4.74 Å². The van der Waals surface area contributed by atoms with Crippen LogP contribution in [0.1, 0.15) is 12.8 Å². The molecule has 2 bridgehead atoms. The van der Waals surface area contributed by atoms with Gasteiger partial charge in [-0.2, -0.15) is 0 Å². The number of nitrogens with one attached hydrogen (secondary N) is 1. The largest absolute Gasteiger partial charge is 0.375 e. The lowest BCUT2D eigenvalue weighted by Gasteiger charge is -2.35. The number of hydrogen-bond acceptors (Lipinski definition) is 3. The van der Waals surface area contributed by atoms with Crippen molar-refractivity contribution in [1.29, 1.82) is 0 Å². The molecule has 0 radical (unpaired) electrons. The van der Waals surface area contributed by atoms with Crippen LogP contribution in [-0.2, 0) is 4.74 Å². The highest BCUT2D eigenvalue weighted by molar-refractivity contribution is 4.94. The van der Waals surface area contributed by atoms with Crippen molar-refractivity contribution in [2.75, 3.05) is 26.2 Å². The van der Waals surface area contributed by atoms with Crippen LogP contribution < -0.4 is 5.32 Å². The zero-order valence-corrected chi connectivity index (χ0v) is 7.33. The van der Waals surface area contributed by atoms with E-state index < -0.39 is 0 Å². The van der Waals surface area contributed by atoms with Crippen LogP contribution in [0.4, 0.5) is 0 Å². The van der Waals surface area contributed by atoms with E-state index in [4.69, 9.17) is 4.74 Å². The molecule has 3 heteroatoms. The molecule has 0 aliphatic carbocycles. The summed E-state index contributed by atoms with van der Waals surface area (Å²) in [5.41, 5.74) is 0. The molecule has 0 spiro atoms. The number of fused-ring (bicyclic) bond motifs is 2. The molecule has 0 aromatic heterocycles. The Morgan fingerprint density at radius 2 is 2.42 bits per heavy atom. The molecule has 3 aliphatic rings. The van der Waals surface area contributed by atoms with Gasteiger partial charge in [0.25, 0.3) is 0 Å². The number of morpholine rings is 1. The van der Waals surface area contributed by atoms with Crippen molar-refractivity contribution in [2.45, 2.75) is 31.0 Å². The Labute approximate surface area is 73.1 Å². The van der Waals surface area contributed by atoms with Gasteiger partial charge in [0.2, 0.25) is 0 Å². The van der Waals surface area contributed by atoms with E-state index in [9.17, 15) is 0 Å². The molecule has 3 heterocycles. The van der Waals surface area contributed by atoms with Gasteiger partial charge in [0, 0.05) is 25.2 Å². The van der Waals surface area contributed by atoms with Crippen LogP contribution in [-0.4, -0.2) is 49.3 Å². The van der Waals surface area contributed by atoms with Gasteiger partial charge in [0.1, 0.15) is 0 Å². The first-order valence-electron chi connectivity index (χ1n) is 5.01. The zero-order valence-electron chi connectivity index (χ0n) is 7.33. The van der Waals surface area contributed by atoms with Crippen LogP contribution in [0.3, 0.4) is 0 Å². The molecule has 1 N–H and O–H groups in total. The maximum atomic E-state index is 5.55. The third-order valence-corrected chi connectivity index (χ3v) is 3.39. The van der Waals surface area contributed by atoms with Crippen LogP contribution >= 0.6 is 0 Å². The summed E-state index contributed by atoms with van der Waals surface area (Å²) in [5, 5.41) is 3.45. The molecule has 3 nitrogen and oxygen atoms in total. The van der Waals surface area contributed by atoms with Crippen LogP contribution in [0.15, 0.2) is 0 Å². The average molecular weight is 168 g/mol. The van der Waals surface area contributed by atoms with Crippen molar-refractivity contribution in [3.63, 3.8) is 0 Å². The molecule has 3 aliphatic heterocycles. The fourth-order valence-corrected chi connectivity index (χ4v) is 2.49. The second kappa shape index (κ2) is 2.69. The third-order valence-electron chi connectivity index (χ3n) is 3.39. The van der Waals surface area contributed by atoms with Gasteiger partial charge < -0.3 is 10.1 Å². The average Bonchev–Trinajstić information content (AvgIpc) is 2.56. The summed E-state index contributed by atoms with van der Waals surface area (Å²) in [7, 11) is 0. The van der Waals surface area contributed by atoms with Gasteiger partial charge in [-0.1, -0.05) is 0 Å². The van der Waals surface area contributed by atoms with Crippen LogP contribution in [0.2, 0.25) is 0 Å². The summed E-state index contributed by atoms with van der Waals surface area (Å²) >= 11 is 0. The standard InChI is InChI=1S/C9H16N2O/c1-2-10-7(1)4-11-5-9-3-8(11)6-12-9/h7-10H,1-6H2. The van der Waals surface area contributed by atoms with Crippen LogP contribution in [0, 0.1) is 0 Å². The van der Waals surface area contributed by atoms with Crippen molar-refractivity contribution in [2.24, 2.45) is 0 Å². The van der Waals surface area contributed by atoms with E-state index in [0.29, 0.717) is 6.10 Å². The van der Waals surface area contributed by atoms with E-state index in [0.717, 1.165) is 18.7 Å². The smallest absolute Gasteiger partial charge is 0.0718 e. The minimum Gasteiger partial charge on any atom is -0.375 e. The second-order valence-corrected chi connectivity index (χ2v) is 4.24. The molecule has 3 saturated heterocycles. The molecule has 0 saturated carbocycles. The minimum atomic E-state index is 0.565. The zero-order chi connectivity index (χ0) is 7.97. The first-order chi connectivity index (χ1) is 5.92. The second-order valence-electron chi connectivity index (χ2n) is 4.24. The molecule has 0 amide bonds.